The second-order valence-corrected chi connectivity index (χ2v) is 21.5. The van der Waals surface area contributed by atoms with Crippen LogP contribution >= 0.6 is 0 Å². The highest BCUT2D eigenvalue weighted by Gasteiger charge is 2.67. The zero-order chi connectivity index (χ0) is 41.4. The molecule has 9 rings (SSSR count). The van der Waals surface area contributed by atoms with Crippen LogP contribution in [0.3, 0.4) is 0 Å². The normalized spacial score (nSPS) is 23.5. The number of nitro benzene ring substituents is 1. The van der Waals surface area contributed by atoms with E-state index in [1.807, 2.05) is 91.9 Å². The van der Waals surface area contributed by atoms with Gasteiger partial charge in [-0.3, -0.25) is 29.4 Å². The van der Waals surface area contributed by atoms with Crippen LogP contribution in [0.25, 0.3) is 10.8 Å². The molecule has 5 aromatic carbocycles. The monoisotopic (exact) mass is 810 g/mol. The fourth-order valence-electron chi connectivity index (χ4n) is 10.6. The van der Waals surface area contributed by atoms with Crippen molar-refractivity contribution in [1.82, 2.24) is 4.90 Å². The van der Waals surface area contributed by atoms with E-state index in [2.05, 4.69) is 13.1 Å². The van der Waals surface area contributed by atoms with Gasteiger partial charge in [-0.25, -0.2) is 0 Å². The minimum atomic E-state index is -2.63. The van der Waals surface area contributed by atoms with Gasteiger partial charge in [0.2, 0.25) is 5.91 Å². The molecule has 0 radical (unpaired) electrons. The van der Waals surface area contributed by atoms with Gasteiger partial charge in [0.05, 0.1) is 68.8 Å². The van der Waals surface area contributed by atoms with Crippen LogP contribution in [0.4, 0.5) is 22.7 Å². The van der Waals surface area contributed by atoms with Crippen molar-refractivity contribution in [1.29, 1.82) is 0 Å². The highest BCUT2D eigenvalue weighted by molar-refractivity contribution is 6.91. The van der Waals surface area contributed by atoms with Crippen molar-refractivity contribution in [3.05, 3.63) is 130 Å². The number of aliphatic hydroxyl groups is 1. The molecule has 0 bridgehead atoms. The highest BCUT2D eigenvalue weighted by Crippen LogP contribution is 2.60. The Kier molecular flexibility index (Phi) is 9.45. The van der Waals surface area contributed by atoms with E-state index in [0.29, 0.717) is 41.2 Å². The Morgan fingerprint density at radius 2 is 1.73 bits per heavy atom. The molecule has 1 N–H and O–H groups in total. The number of carbonyl (C=O) groups excluding carboxylic acids is 3. The number of fused-ring (bicyclic) bond motifs is 2. The number of anilines is 3. The van der Waals surface area contributed by atoms with E-state index in [9.17, 15) is 24.8 Å². The summed E-state index contributed by atoms with van der Waals surface area (Å²) in [4.78, 5) is 60.4. The summed E-state index contributed by atoms with van der Waals surface area (Å²) in [6, 6.07) is 31.2. The Bertz CT molecular complexity index is 2540. The van der Waals surface area contributed by atoms with Crippen LogP contribution in [0.1, 0.15) is 47.7 Å². The molecule has 4 heterocycles. The van der Waals surface area contributed by atoms with Crippen LogP contribution < -0.4 is 19.7 Å². The van der Waals surface area contributed by atoms with Crippen LogP contribution in [0, 0.1) is 16.0 Å². The Morgan fingerprint density at radius 1 is 0.983 bits per heavy atom. The number of likely N-dealkylation sites (tertiary alicyclic amines) is 1. The maximum absolute atomic E-state index is 15.5. The fraction of sp³-hybridized carbons (Fsp3) is 0.326. The number of hydrogen-bond donors (Lipinski definition) is 1. The van der Waals surface area contributed by atoms with Crippen molar-refractivity contribution in [2.45, 2.75) is 69.1 Å². The number of ether oxygens (including phenoxy) is 2. The molecule has 302 valence electrons. The van der Waals surface area contributed by atoms with E-state index in [1.54, 1.807) is 27.9 Å². The lowest BCUT2D eigenvalue weighted by molar-refractivity contribution is -0.385. The zero-order valence-electron chi connectivity index (χ0n) is 33.5. The predicted molar refractivity (Wildman–Crippen MR) is 227 cm³/mol. The Labute approximate surface area is 343 Å². The van der Waals surface area contributed by atoms with Gasteiger partial charge in [0, 0.05) is 41.2 Å². The maximum Gasteiger partial charge on any atom is 0.269 e. The van der Waals surface area contributed by atoms with Gasteiger partial charge < -0.3 is 24.4 Å². The third kappa shape index (κ3) is 5.96. The summed E-state index contributed by atoms with van der Waals surface area (Å²) in [5, 5.41) is 25.4. The average molecular weight is 811 g/mol. The van der Waals surface area contributed by atoms with Gasteiger partial charge in [0.25, 0.3) is 17.5 Å². The summed E-state index contributed by atoms with van der Waals surface area (Å²) in [5.41, 5.74) is 1.66. The molecule has 0 aromatic heterocycles. The van der Waals surface area contributed by atoms with Crippen molar-refractivity contribution in [2.24, 2.45) is 5.92 Å². The second-order valence-electron chi connectivity index (χ2n) is 16.8. The average Bonchev–Trinajstić information content (AvgIpc) is 3.97. The summed E-state index contributed by atoms with van der Waals surface area (Å²) in [6.45, 7) is 6.94. The summed E-state index contributed by atoms with van der Waals surface area (Å²) < 4.78 is 12.6. The van der Waals surface area contributed by atoms with Gasteiger partial charge in [-0.05, 0) is 71.8 Å². The second kappa shape index (κ2) is 14.4. The van der Waals surface area contributed by atoms with Crippen molar-refractivity contribution >= 4 is 64.5 Å². The number of methoxy groups -OCH3 is 1. The number of carbonyl (C=O) groups is 3. The minimum Gasteiger partial charge on any atom is -0.497 e. The quantitative estimate of drug-likeness (QED) is 0.0888. The number of non-ortho nitro benzene ring substituents is 1. The Balaban J connectivity index is 1.12. The largest absolute Gasteiger partial charge is 0.497 e. The number of aliphatic hydroxyl groups excluding tert-OH is 1. The standard InChI is InChI=1S/C46H46N4O8Si/c1-28-43(59(3,4)35-19-17-34(57-2)18-20-35)40(25-41(52)47-22-8-13-33(47)27-51)58-46(28)37-24-32(50(55)56)16-21-38(37)48(45(46)54)26-29-9-5-12-31(23-29)49-39-15-7-11-30-10-6-14-36(42(30)39)44(49)53/h5-7,9-12,14-21,23-24,28,33,40,43,51H,8,13,22,25-27H2,1-4H3/t28-,33-,40+,43-,46+/m0/s1. The van der Waals surface area contributed by atoms with Crippen LogP contribution in [0.5, 0.6) is 5.75 Å². The number of amides is 3. The molecule has 0 saturated carbocycles. The Morgan fingerprint density at radius 3 is 2.46 bits per heavy atom. The van der Waals surface area contributed by atoms with E-state index in [-0.39, 0.29) is 54.6 Å². The van der Waals surface area contributed by atoms with E-state index in [4.69, 9.17) is 9.47 Å². The van der Waals surface area contributed by atoms with Crippen molar-refractivity contribution in [2.75, 3.05) is 30.1 Å². The first kappa shape index (κ1) is 38.6. The first-order chi connectivity index (χ1) is 28.4. The number of rotatable bonds is 10. The van der Waals surface area contributed by atoms with E-state index in [1.165, 1.54) is 12.1 Å². The van der Waals surface area contributed by atoms with Crippen LogP contribution in [0.2, 0.25) is 18.6 Å². The van der Waals surface area contributed by atoms with Gasteiger partial charge in [-0.1, -0.05) is 73.7 Å². The van der Waals surface area contributed by atoms with Crippen molar-refractivity contribution in [3.63, 3.8) is 0 Å². The van der Waals surface area contributed by atoms with Crippen molar-refractivity contribution in [3.8, 4) is 5.75 Å². The molecule has 1 spiro atoms. The number of benzene rings is 5. The van der Waals surface area contributed by atoms with Gasteiger partial charge >= 0.3 is 0 Å². The molecule has 5 aromatic rings. The lowest BCUT2D eigenvalue weighted by Gasteiger charge is -2.37. The van der Waals surface area contributed by atoms with Gasteiger partial charge in [-0.15, -0.1) is 0 Å². The smallest absolute Gasteiger partial charge is 0.269 e. The molecule has 3 amide bonds. The third-order valence-corrected chi connectivity index (χ3v) is 17.7. The fourth-order valence-corrected chi connectivity index (χ4v) is 14.6. The summed E-state index contributed by atoms with van der Waals surface area (Å²) >= 11 is 0. The number of hydrogen-bond acceptors (Lipinski definition) is 8. The SMILES string of the molecule is COc1ccc([Si](C)(C)[C@@H]2[C@@H](CC(=O)N3CCC[C@H]3CO)O[C@]3(C(=O)N(Cc4cccc(N5C(=O)c6cccc7cccc5c67)c4)c4ccc([N+](=O)[O-])cc43)[C@H]2C)cc1. The van der Waals surface area contributed by atoms with Crippen LogP contribution in [-0.2, 0) is 26.5 Å². The van der Waals surface area contributed by atoms with E-state index in [0.717, 1.165) is 33.6 Å². The molecular weight excluding hydrogens is 765 g/mol. The number of nitrogens with zero attached hydrogens (tertiary/aromatic N) is 4. The molecule has 4 aliphatic heterocycles. The van der Waals surface area contributed by atoms with E-state index >= 15 is 4.79 Å². The molecule has 12 nitrogen and oxygen atoms in total. The summed E-state index contributed by atoms with van der Waals surface area (Å²) in [6.07, 6.45) is 0.798. The molecule has 2 saturated heterocycles. The van der Waals surface area contributed by atoms with E-state index < -0.39 is 30.6 Å². The highest BCUT2D eigenvalue weighted by atomic mass is 28.3. The molecule has 0 aliphatic carbocycles. The van der Waals surface area contributed by atoms with Gasteiger partial charge in [0.1, 0.15) is 5.75 Å². The molecule has 4 aliphatic rings. The maximum atomic E-state index is 15.5. The lowest BCUT2D eigenvalue weighted by atomic mass is 9.82. The molecule has 59 heavy (non-hydrogen) atoms. The third-order valence-electron chi connectivity index (χ3n) is 13.4. The molecular formula is C46H46N4O8Si. The van der Waals surface area contributed by atoms with Crippen molar-refractivity contribution < 1.29 is 33.9 Å². The van der Waals surface area contributed by atoms with Crippen LogP contribution in [-0.4, -0.2) is 73.1 Å². The first-order valence-corrected chi connectivity index (χ1v) is 23.3. The molecule has 2 fully saturated rings. The zero-order valence-corrected chi connectivity index (χ0v) is 34.5. The van der Waals surface area contributed by atoms with Gasteiger partial charge in [0.15, 0.2) is 5.60 Å². The first-order valence-electron chi connectivity index (χ1n) is 20.2. The topological polar surface area (TPSA) is 143 Å². The minimum absolute atomic E-state index is 0.00155. The molecule has 5 atom stereocenters. The number of nitro groups is 1. The molecule has 13 heteroatoms. The summed E-state index contributed by atoms with van der Waals surface area (Å²) in [7, 11) is -1.02. The predicted octanol–water partition coefficient (Wildman–Crippen LogP) is 7.18. The van der Waals surface area contributed by atoms with Gasteiger partial charge in [-0.2, -0.15) is 0 Å². The van der Waals surface area contributed by atoms with Crippen LogP contribution in [0.15, 0.2) is 103 Å². The molecule has 0 unspecified atom stereocenters. The lowest BCUT2D eigenvalue weighted by Crippen LogP contribution is -2.52. The Hall–Kier alpha value is -5.89. The summed E-state index contributed by atoms with van der Waals surface area (Å²) in [5.74, 6) is -0.418.